The van der Waals surface area contributed by atoms with E-state index in [1.807, 2.05) is 22.6 Å². The van der Waals surface area contributed by atoms with E-state index in [1.165, 1.54) is 23.0 Å². The number of amides is 2. The molecular weight excluding hydrogens is 703 g/mol. The van der Waals surface area contributed by atoms with Crippen LogP contribution in [0.3, 0.4) is 0 Å². The van der Waals surface area contributed by atoms with E-state index in [0.717, 1.165) is 36.2 Å². The van der Waals surface area contributed by atoms with E-state index in [1.54, 1.807) is 12.1 Å². The molecule has 2 aliphatic rings. The van der Waals surface area contributed by atoms with Crippen LogP contribution in [0.15, 0.2) is 71.3 Å². The van der Waals surface area contributed by atoms with Gasteiger partial charge in [0.2, 0.25) is 17.5 Å². The molecule has 2 heterocycles. The van der Waals surface area contributed by atoms with Crippen molar-refractivity contribution in [2.24, 2.45) is 0 Å². The monoisotopic (exact) mass is 747 g/mol. The summed E-state index contributed by atoms with van der Waals surface area (Å²) in [6.45, 7) is 10.1. The molecule has 2 aliphatic heterocycles. The number of unbranched alkanes of at least 4 members (excludes halogenated alkanes) is 2. The number of hydrogen-bond donors (Lipinski definition) is 3. The number of fused-ring (bicyclic) bond motifs is 2. The summed E-state index contributed by atoms with van der Waals surface area (Å²) in [7, 11) is -2.26. The third kappa shape index (κ3) is 7.69. The van der Waals surface area contributed by atoms with Crippen molar-refractivity contribution in [2.45, 2.75) is 69.1 Å². The van der Waals surface area contributed by atoms with Gasteiger partial charge in [0, 0.05) is 60.6 Å². The first-order valence-electron chi connectivity index (χ1n) is 15.3. The van der Waals surface area contributed by atoms with Gasteiger partial charge in [-0.15, -0.1) is 0 Å². The standard InChI is InChI=1S/C34H43IN4O5S/c1-33(2)25-12-8-9-13-27(25)38(5)29(33)14-11-15-30-34(3,4)26-22-24(45(42,43)44)17-18-28(26)39(30)21-10-6-7-16-31(40)36-19-20-37-32(41)23-35/h8-9,11-15,17-18,22H,6-7,10,16,19-21,23H2,1-5H3,(H2-,36,37,40,41,42,43,44)/p+1. The maximum absolute atomic E-state index is 12.2. The van der Waals surface area contributed by atoms with Gasteiger partial charge in [-0.1, -0.05) is 67.1 Å². The van der Waals surface area contributed by atoms with Crippen LogP contribution in [0.1, 0.15) is 64.5 Å². The number of allylic oxidation sites excluding steroid dienone is 4. The first kappa shape index (κ1) is 34.8. The van der Waals surface area contributed by atoms with Crippen molar-refractivity contribution in [2.75, 3.05) is 36.0 Å². The Morgan fingerprint density at radius 1 is 0.956 bits per heavy atom. The Labute approximate surface area is 280 Å². The molecule has 0 saturated carbocycles. The van der Waals surface area contributed by atoms with Crippen molar-refractivity contribution in [1.82, 2.24) is 10.6 Å². The highest BCUT2D eigenvalue weighted by Gasteiger charge is 2.43. The minimum absolute atomic E-state index is 0.0331. The number of halogens is 1. The quantitative estimate of drug-likeness (QED) is 0.0831. The van der Waals surface area contributed by atoms with Crippen LogP contribution in [0.5, 0.6) is 0 Å². The number of rotatable bonds is 13. The molecule has 2 aromatic rings. The van der Waals surface area contributed by atoms with Gasteiger partial charge in [0.05, 0.1) is 14.7 Å². The summed E-state index contributed by atoms with van der Waals surface area (Å²) >= 11 is 2.00. The highest BCUT2D eigenvalue weighted by Crippen LogP contribution is 2.48. The minimum Gasteiger partial charge on any atom is -0.354 e. The predicted molar refractivity (Wildman–Crippen MR) is 188 cm³/mol. The highest BCUT2D eigenvalue weighted by atomic mass is 127. The first-order chi connectivity index (χ1) is 21.2. The minimum atomic E-state index is -4.35. The molecule has 4 rings (SSSR count). The van der Waals surface area contributed by atoms with Gasteiger partial charge in [0.1, 0.15) is 7.05 Å². The third-order valence-electron chi connectivity index (χ3n) is 8.79. The fourth-order valence-corrected chi connectivity index (χ4v) is 7.14. The Bertz CT molecular complexity index is 1660. The lowest BCUT2D eigenvalue weighted by Crippen LogP contribution is -2.35. The molecule has 9 nitrogen and oxygen atoms in total. The van der Waals surface area contributed by atoms with Gasteiger partial charge in [-0.2, -0.15) is 13.0 Å². The lowest BCUT2D eigenvalue weighted by Gasteiger charge is -2.27. The first-order valence-corrected chi connectivity index (χ1v) is 18.2. The number of anilines is 1. The Kier molecular flexibility index (Phi) is 11.0. The van der Waals surface area contributed by atoms with Crippen molar-refractivity contribution in [3.05, 3.63) is 77.5 Å². The lowest BCUT2D eigenvalue weighted by atomic mass is 9.81. The third-order valence-corrected chi connectivity index (χ3v) is 10.3. The second kappa shape index (κ2) is 14.2. The van der Waals surface area contributed by atoms with Gasteiger partial charge in [-0.3, -0.25) is 14.1 Å². The van der Waals surface area contributed by atoms with E-state index in [0.29, 0.717) is 30.5 Å². The molecule has 0 radical (unpaired) electrons. The zero-order valence-corrected chi connectivity index (χ0v) is 29.7. The average Bonchev–Trinajstić information content (AvgIpc) is 3.32. The summed E-state index contributed by atoms with van der Waals surface area (Å²) in [5.41, 5.74) is 5.76. The summed E-state index contributed by atoms with van der Waals surface area (Å²) in [5, 5.41) is 5.58. The average molecular weight is 748 g/mol. The molecule has 2 amide bonds. The van der Waals surface area contributed by atoms with E-state index in [4.69, 9.17) is 0 Å². The molecule has 242 valence electrons. The highest BCUT2D eigenvalue weighted by molar-refractivity contribution is 14.1. The number of benzene rings is 2. The molecule has 0 aromatic heterocycles. The lowest BCUT2D eigenvalue weighted by molar-refractivity contribution is -0.401. The van der Waals surface area contributed by atoms with E-state index in [-0.39, 0.29) is 22.1 Å². The van der Waals surface area contributed by atoms with Gasteiger partial charge in [0.15, 0.2) is 5.71 Å². The molecule has 0 bridgehead atoms. The molecule has 11 heteroatoms. The van der Waals surface area contributed by atoms with Crippen molar-refractivity contribution in [1.29, 1.82) is 0 Å². The second-order valence-corrected chi connectivity index (χ2v) is 14.8. The maximum Gasteiger partial charge on any atom is 0.294 e. The zero-order valence-electron chi connectivity index (χ0n) is 26.7. The molecule has 2 aromatic carbocycles. The Morgan fingerprint density at radius 2 is 1.64 bits per heavy atom. The number of carbonyl (C=O) groups excluding carboxylic acids is 2. The van der Waals surface area contributed by atoms with E-state index in [2.05, 4.69) is 97.3 Å². The van der Waals surface area contributed by atoms with Crippen molar-refractivity contribution < 1.29 is 27.1 Å². The molecule has 0 aliphatic carbocycles. The summed E-state index contributed by atoms with van der Waals surface area (Å²) in [5.74, 6) is -0.0806. The van der Waals surface area contributed by atoms with Crippen LogP contribution < -0.4 is 15.5 Å². The number of carbonyl (C=O) groups is 2. The fourth-order valence-electron chi connectivity index (χ4n) is 6.36. The number of alkyl halides is 1. The molecular formula is C34H44IN4O5S+. The largest absolute Gasteiger partial charge is 0.354 e. The Hall–Kier alpha value is -3.03. The van der Waals surface area contributed by atoms with Crippen LogP contribution >= 0.6 is 22.6 Å². The number of nitrogens with one attached hydrogen (secondary N) is 2. The molecule has 0 spiro atoms. The van der Waals surface area contributed by atoms with Crippen molar-refractivity contribution in [3.8, 4) is 0 Å². The van der Waals surface area contributed by atoms with Crippen LogP contribution in [0.25, 0.3) is 0 Å². The molecule has 0 atom stereocenters. The van der Waals surface area contributed by atoms with Gasteiger partial charge >= 0.3 is 0 Å². The van der Waals surface area contributed by atoms with E-state index in [9.17, 15) is 22.6 Å². The van der Waals surface area contributed by atoms with Crippen LogP contribution in [0, 0.1) is 0 Å². The normalized spacial score (nSPS) is 17.6. The fraction of sp³-hybridized carbons (Fsp3) is 0.441. The van der Waals surface area contributed by atoms with Crippen molar-refractivity contribution in [3.63, 3.8) is 0 Å². The van der Waals surface area contributed by atoms with Gasteiger partial charge in [0.25, 0.3) is 10.1 Å². The topological polar surface area (TPSA) is 119 Å². The second-order valence-electron chi connectivity index (χ2n) is 12.6. The van der Waals surface area contributed by atoms with Gasteiger partial charge in [-0.05, 0) is 56.5 Å². The van der Waals surface area contributed by atoms with Gasteiger partial charge < -0.3 is 15.5 Å². The smallest absolute Gasteiger partial charge is 0.294 e. The number of para-hydroxylation sites is 1. The summed E-state index contributed by atoms with van der Waals surface area (Å²) in [6, 6.07) is 13.2. The van der Waals surface area contributed by atoms with E-state index >= 15 is 0 Å². The van der Waals surface area contributed by atoms with Crippen LogP contribution in [-0.4, -0.2) is 66.2 Å². The van der Waals surface area contributed by atoms with Crippen molar-refractivity contribution >= 4 is 61.6 Å². The molecule has 0 fully saturated rings. The molecule has 0 saturated heterocycles. The number of hydrogen-bond acceptors (Lipinski definition) is 5. The summed E-state index contributed by atoms with van der Waals surface area (Å²) < 4.78 is 36.4. The molecule has 0 unspecified atom stereocenters. The number of nitrogens with zero attached hydrogens (tertiary/aromatic N) is 2. The summed E-state index contributed by atoms with van der Waals surface area (Å²) in [4.78, 5) is 25.7. The Morgan fingerprint density at radius 3 is 2.31 bits per heavy atom. The van der Waals surface area contributed by atoms with E-state index < -0.39 is 15.5 Å². The predicted octanol–water partition coefficient (Wildman–Crippen LogP) is 5.41. The Balaban J connectivity index is 1.50. The van der Waals surface area contributed by atoms with Crippen LogP contribution in [0.2, 0.25) is 0 Å². The van der Waals surface area contributed by atoms with Gasteiger partial charge in [-0.25, -0.2) is 0 Å². The maximum atomic E-state index is 12.2. The van der Waals surface area contributed by atoms with Crippen LogP contribution in [0.4, 0.5) is 11.4 Å². The SMILES string of the molecule is C[N+]1=C(C=CC=C2N(CCCCCC(=O)NCCNC(=O)CI)c3ccc(S(=O)(=O)O)cc3C2(C)C)C(C)(C)c2ccccc21. The zero-order chi connectivity index (χ0) is 33.0. The van der Waals surface area contributed by atoms with Crippen LogP contribution in [-0.2, 0) is 30.5 Å². The molecule has 45 heavy (non-hydrogen) atoms. The summed E-state index contributed by atoms with van der Waals surface area (Å²) in [6.07, 6.45) is 9.15. The molecule has 3 N–H and O–H groups in total.